The normalized spacial score (nSPS) is 26.2. The van der Waals surface area contributed by atoms with Crippen molar-refractivity contribution in [1.82, 2.24) is 5.32 Å². The molecule has 1 aromatic rings. The molecule has 0 saturated heterocycles. The Morgan fingerprint density at radius 2 is 1.94 bits per heavy atom. The number of amides is 1. The van der Waals surface area contributed by atoms with Crippen LogP contribution < -0.4 is 10.0 Å². The number of fused-ring (bicyclic) bond motifs is 1. The molecule has 182 valence electrons. The largest absolute Gasteiger partial charge is 0.432 e. The van der Waals surface area contributed by atoms with Crippen LogP contribution in [-0.2, 0) is 14.8 Å². The number of halogens is 4. The summed E-state index contributed by atoms with van der Waals surface area (Å²) in [5.41, 5.74) is -0.750. The first kappa shape index (κ1) is 25.2. The van der Waals surface area contributed by atoms with Crippen molar-refractivity contribution in [2.45, 2.75) is 58.3 Å². The third-order valence-electron chi connectivity index (χ3n) is 6.28. The minimum Gasteiger partial charge on any atom is -0.349 e. The maximum atomic E-state index is 14.7. The van der Waals surface area contributed by atoms with Crippen molar-refractivity contribution in [2.24, 2.45) is 16.3 Å². The SMILES string of the molecule is Cc1cc([C@@H](C)NC(=O)C2CCC3N=C(C(F)(F)F)C=CC3(C)C2)c(F)cc1NS(C)(=O)=O. The van der Waals surface area contributed by atoms with E-state index in [9.17, 15) is 30.8 Å². The van der Waals surface area contributed by atoms with Gasteiger partial charge in [-0.25, -0.2) is 12.8 Å². The van der Waals surface area contributed by atoms with Crippen molar-refractivity contribution in [3.05, 3.63) is 41.2 Å². The third kappa shape index (κ3) is 5.74. The molecule has 1 fully saturated rings. The molecule has 2 aliphatic rings. The molecule has 4 atom stereocenters. The Bertz CT molecular complexity index is 1110. The second kappa shape index (κ2) is 8.73. The zero-order valence-corrected chi connectivity index (χ0v) is 19.6. The fraction of sp³-hybridized carbons (Fsp3) is 0.545. The van der Waals surface area contributed by atoms with Crippen LogP contribution in [0.5, 0.6) is 0 Å². The summed E-state index contributed by atoms with van der Waals surface area (Å²) in [6.45, 7) is 5.04. The summed E-state index contributed by atoms with van der Waals surface area (Å²) >= 11 is 0. The highest BCUT2D eigenvalue weighted by atomic mass is 32.2. The van der Waals surface area contributed by atoms with Gasteiger partial charge in [-0.3, -0.25) is 14.5 Å². The third-order valence-corrected chi connectivity index (χ3v) is 6.87. The number of anilines is 1. The van der Waals surface area contributed by atoms with Crippen molar-refractivity contribution in [3.8, 4) is 0 Å². The standard InChI is InChI=1S/C22H27F4N3O3S/c1-12-9-15(16(23)10-17(12)29-33(4,31)32)13(2)27-20(30)14-5-6-18-21(3,11-14)8-7-19(28-18)22(24,25)26/h7-10,13-14,18,29H,5-6,11H2,1-4H3,(H,27,30)/t13-,14?,18?,21?/m1/s1. The predicted molar refractivity (Wildman–Crippen MR) is 118 cm³/mol. The van der Waals surface area contributed by atoms with E-state index in [1.54, 1.807) is 20.8 Å². The Kier molecular flexibility index (Phi) is 6.67. The molecule has 1 heterocycles. The number of carbonyl (C=O) groups excluding carboxylic acids is 1. The summed E-state index contributed by atoms with van der Waals surface area (Å²) < 4.78 is 78.8. The number of carbonyl (C=O) groups is 1. The maximum Gasteiger partial charge on any atom is 0.432 e. The van der Waals surface area contributed by atoms with Gasteiger partial charge in [-0.2, -0.15) is 13.2 Å². The molecule has 33 heavy (non-hydrogen) atoms. The van der Waals surface area contributed by atoms with E-state index >= 15 is 0 Å². The predicted octanol–water partition coefficient (Wildman–Crippen LogP) is 4.43. The summed E-state index contributed by atoms with van der Waals surface area (Å²) in [6, 6.07) is 1.31. The van der Waals surface area contributed by atoms with Gasteiger partial charge in [0.2, 0.25) is 15.9 Å². The smallest absolute Gasteiger partial charge is 0.349 e. The highest BCUT2D eigenvalue weighted by molar-refractivity contribution is 7.92. The Hall–Kier alpha value is -2.43. The van der Waals surface area contributed by atoms with Gasteiger partial charge in [0.05, 0.1) is 24.0 Å². The molecule has 0 bridgehead atoms. The van der Waals surface area contributed by atoms with E-state index in [0.29, 0.717) is 24.8 Å². The van der Waals surface area contributed by atoms with E-state index in [0.717, 1.165) is 18.4 Å². The van der Waals surface area contributed by atoms with E-state index in [-0.39, 0.29) is 17.2 Å². The molecule has 3 unspecified atom stereocenters. The number of sulfonamides is 1. The van der Waals surface area contributed by atoms with Gasteiger partial charge < -0.3 is 5.32 Å². The van der Waals surface area contributed by atoms with Gasteiger partial charge in [0, 0.05) is 16.9 Å². The number of hydrogen-bond acceptors (Lipinski definition) is 4. The van der Waals surface area contributed by atoms with E-state index in [4.69, 9.17) is 0 Å². The first-order chi connectivity index (χ1) is 15.1. The van der Waals surface area contributed by atoms with Crippen LogP contribution in [0.4, 0.5) is 23.2 Å². The molecular weight excluding hydrogens is 462 g/mol. The maximum absolute atomic E-state index is 14.7. The molecule has 3 rings (SSSR count). The van der Waals surface area contributed by atoms with Crippen LogP contribution in [0.1, 0.15) is 50.3 Å². The number of aliphatic imine (C=N–C) groups is 1. The molecule has 1 aromatic carbocycles. The molecule has 0 aromatic heterocycles. The molecule has 1 saturated carbocycles. The topological polar surface area (TPSA) is 87.6 Å². The first-order valence-corrected chi connectivity index (χ1v) is 12.4. The lowest BCUT2D eigenvalue weighted by atomic mass is 9.66. The van der Waals surface area contributed by atoms with Crippen LogP contribution in [-0.4, -0.2) is 38.5 Å². The minimum atomic E-state index is -4.50. The fourth-order valence-electron chi connectivity index (χ4n) is 4.47. The minimum absolute atomic E-state index is 0.117. The molecule has 2 N–H and O–H groups in total. The van der Waals surface area contributed by atoms with Crippen LogP contribution in [0, 0.1) is 24.1 Å². The molecule has 1 amide bonds. The second-order valence-corrected chi connectivity index (χ2v) is 10.9. The number of benzene rings is 1. The quantitative estimate of drug-likeness (QED) is 0.600. The Balaban J connectivity index is 1.70. The van der Waals surface area contributed by atoms with Gasteiger partial charge in [0.25, 0.3) is 0 Å². The number of nitrogens with zero attached hydrogens (tertiary/aromatic N) is 1. The van der Waals surface area contributed by atoms with Crippen LogP contribution >= 0.6 is 0 Å². The average molecular weight is 490 g/mol. The number of rotatable bonds is 5. The van der Waals surface area contributed by atoms with Gasteiger partial charge in [0.15, 0.2) is 0 Å². The van der Waals surface area contributed by atoms with Crippen LogP contribution in [0.25, 0.3) is 0 Å². The summed E-state index contributed by atoms with van der Waals surface area (Å²) in [5, 5.41) is 2.79. The zero-order valence-electron chi connectivity index (χ0n) is 18.8. The van der Waals surface area contributed by atoms with Crippen LogP contribution in [0.2, 0.25) is 0 Å². The summed E-state index contributed by atoms with van der Waals surface area (Å²) in [7, 11) is -3.57. The van der Waals surface area contributed by atoms with E-state index in [1.807, 2.05) is 0 Å². The van der Waals surface area contributed by atoms with Crippen LogP contribution in [0.3, 0.4) is 0 Å². The summed E-state index contributed by atoms with van der Waals surface area (Å²) in [4.78, 5) is 16.8. The average Bonchev–Trinajstić information content (AvgIpc) is 2.67. The highest BCUT2D eigenvalue weighted by Gasteiger charge is 2.46. The monoisotopic (exact) mass is 489 g/mol. The van der Waals surface area contributed by atoms with Crippen molar-refractivity contribution in [3.63, 3.8) is 0 Å². The number of alkyl halides is 3. The number of allylic oxidation sites excluding steroid dienone is 1. The van der Waals surface area contributed by atoms with Crippen molar-refractivity contribution in [1.29, 1.82) is 0 Å². The lowest BCUT2D eigenvalue weighted by Gasteiger charge is -2.42. The van der Waals surface area contributed by atoms with Gasteiger partial charge in [-0.05, 0) is 56.9 Å². The van der Waals surface area contributed by atoms with Gasteiger partial charge in [-0.15, -0.1) is 0 Å². The summed E-state index contributed by atoms with van der Waals surface area (Å²) in [5.74, 6) is -1.42. The number of aryl methyl sites for hydroxylation is 1. The van der Waals surface area contributed by atoms with Gasteiger partial charge >= 0.3 is 6.18 Å². The molecule has 0 spiro atoms. The summed E-state index contributed by atoms with van der Waals surface area (Å²) in [6.07, 6.45) is -0.0218. The molecule has 6 nitrogen and oxygen atoms in total. The Morgan fingerprint density at radius 3 is 2.55 bits per heavy atom. The molecular formula is C22H27F4N3O3S. The lowest BCUT2D eigenvalue weighted by Crippen LogP contribution is -2.45. The molecule has 1 aliphatic heterocycles. The highest BCUT2D eigenvalue weighted by Crippen LogP contribution is 2.45. The van der Waals surface area contributed by atoms with Gasteiger partial charge in [-0.1, -0.05) is 13.0 Å². The molecule has 11 heteroatoms. The second-order valence-electron chi connectivity index (χ2n) is 9.14. The number of hydrogen-bond donors (Lipinski definition) is 2. The van der Waals surface area contributed by atoms with Crippen LogP contribution in [0.15, 0.2) is 29.3 Å². The molecule has 0 radical (unpaired) electrons. The van der Waals surface area contributed by atoms with Crippen molar-refractivity contribution in [2.75, 3.05) is 11.0 Å². The number of dihydropyridines is 1. The van der Waals surface area contributed by atoms with E-state index in [1.165, 1.54) is 12.1 Å². The molecule has 1 aliphatic carbocycles. The Labute approximate surface area is 190 Å². The van der Waals surface area contributed by atoms with E-state index in [2.05, 4.69) is 15.0 Å². The number of nitrogens with one attached hydrogen (secondary N) is 2. The fourth-order valence-corrected chi connectivity index (χ4v) is 5.09. The Morgan fingerprint density at radius 1 is 1.27 bits per heavy atom. The lowest BCUT2D eigenvalue weighted by molar-refractivity contribution is -0.127. The van der Waals surface area contributed by atoms with Crippen molar-refractivity contribution < 1.29 is 30.8 Å². The first-order valence-electron chi connectivity index (χ1n) is 10.5. The van der Waals surface area contributed by atoms with Gasteiger partial charge in [0.1, 0.15) is 11.5 Å². The van der Waals surface area contributed by atoms with Crippen molar-refractivity contribution >= 4 is 27.3 Å². The zero-order chi connectivity index (χ0) is 24.8. The van der Waals surface area contributed by atoms with E-state index < -0.39 is 51.1 Å².